The number of hydrogen-bond donors (Lipinski definition) is 0. The highest BCUT2D eigenvalue weighted by Gasteiger charge is 2.45. The zero-order chi connectivity index (χ0) is 23.2. The smallest absolute Gasteiger partial charge is 0.416 e. The van der Waals surface area contributed by atoms with Crippen molar-refractivity contribution in [3.05, 3.63) is 95.1 Å². The maximum atomic E-state index is 14.0. The largest absolute Gasteiger partial charge is 0.465 e. The van der Waals surface area contributed by atoms with Gasteiger partial charge in [-0.15, -0.1) is 0 Å². The predicted molar refractivity (Wildman–Crippen MR) is 114 cm³/mol. The lowest BCUT2D eigenvalue weighted by atomic mass is 9.70. The van der Waals surface area contributed by atoms with E-state index in [-0.39, 0.29) is 36.1 Å². The number of fused-ring (bicyclic) bond motifs is 2. The molecule has 0 amide bonds. The van der Waals surface area contributed by atoms with Crippen molar-refractivity contribution in [3.8, 4) is 11.1 Å². The van der Waals surface area contributed by atoms with Crippen molar-refractivity contribution in [1.82, 2.24) is 4.98 Å². The van der Waals surface area contributed by atoms with Crippen molar-refractivity contribution in [2.24, 2.45) is 11.8 Å². The Morgan fingerprint density at radius 1 is 1.03 bits per heavy atom. The van der Waals surface area contributed by atoms with Crippen LogP contribution >= 0.6 is 0 Å². The zero-order valence-electron chi connectivity index (χ0n) is 17.4. The topological polar surface area (TPSA) is 39.2 Å². The molecule has 0 spiro atoms. The maximum Gasteiger partial charge on any atom is 0.416 e. The van der Waals surface area contributed by atoms with Gasteiger partial charge in [0.15, 0.2) is 0 Å². The van der Waals surface area contributed by atoms with Crippen LogP contribution in [-0.2, 0) is 22.1 Å². The fourth-order valence-corrected chi connectivity index (χ4v) is 4.69. The molecule has 0 bridgehead atoms. The number of aromatic nitrogens is 1. The number of esters is 1. The van der Waals surface area contributed by atoms with Crippen LogP contribution in [-0.4, -0.2) is 17.6 Å². The molecule has 33 heavy (non-hydrogen) atoms. The Kier molecular flexibility index (Phi) is 5.27. The molecule has 2 aromatic carbocycles. The molecule has 1 aliphatic heterocycles. The maximum absolute atomic E-state index is 14.0. The number of hydrogen-bond acceptors (Lipinski definition) is 3. The van der Waals surface area contributed by atoms with Crippen LogP contribution in [0, 0.1) is 17.7 Å². The molecule has 3 atom stereocenters. The lowest BCUT2D eigenvalue weighted by Gasteiger charge is -2.31. The first-order valence-corrected chi connectivity index (χ1v) is 10.6. The minimum absolute atomic E-state index is 0.0765. The highest BCUT2D eigenvalue weighted by atomic mass is 19.4. The molecular formula is C26H19F4NO2. The van der Waals surface area contributed by atoms with E-state index in [2.05, 4.69) is 4.98 Å². The summed E-state index contributed by atoms with van der Waals surface area (Å²) in [7, 11) is 0. The number of rotatable bonds is 3. The number of ether oxygens (including phenoxy) is 1. The Balaban J connectivity index is 1.42. The second-order valence-electron chi connectivity index (χ2n) is 8.38. The normalized spacial score (nSPS) is 22.2. The number of carbonyl (C=O) groups excluding carboxylic acids is 1. The third kappa shape index (κ3) is 4.15. The van der Waals surface area contributed by atoms with E-state index in [1.165, 1.54) is 24.4 Å². The molecule has 1 aromatic heterocycles. The highest BCUT2D eigenvalue weighted by Crippen LogP contribution is 2.44. The Morgan fingerprint density at radius 2 is 1.88 bits per heavy atom. The Labute approximate surface area is 187 Å². The summed E-state index contributed by atoms with van der Waals surface area (Å²) in [5.41, 5.74) is 2.66. The van der Waals surface area contributed by atoms with E-state index in [1.54, 1.807) is 30.3 Å². The molecule has 0 unspecified atom stereocenters. The van der Waals surface area contributed by atoms with Crippen LogP contribution in [0.15, 0.2) is 66.9 Å². The van der Waals surface area contributed by atoms with Crippen LogP contribution in [0.5, 0.6) is 0 Å². The number of allylic oxidation sites excluding steroid dienone is 1. The van der Waals surface area contributed by atoms with E-state index < -0.39 is 11.7 Å². The Bertz CT molecular complexity index is 1230. The van der Waals surface area contributed by atoms with Crippen molar-refractivity contribution in [2.75, 3.05) is 6.61 Å². The monoisotopic (exact) mass is 453 g/mol. The fraction of sp³-hybridized carbons (Fsp3) is 0.231. The molecule has 5 rings (SSSR count). The van der Waals surface area contributed by atoms with Gasteiger partial charge < -0.3 is 4.74 Å². The number of benzene rings is 2. The second-order valence-corrected chi connectivity index (χ2v) is 8.38. The van der Waals surface area contributed by atoms with Gasteiger partial charge in [0.2, 0.25) is 0 Å². The van der Waals surface area contributed by atoms with Gasteiger partial charge in [-0.3, -0.25) is 9.78 Å². The van der Waals surface area contributed by atoms with Crippen molar-refractivity contribution in [3.63, 3.8) is 0 Å². The highest BCUT2D eigenvalue weighted by molar-refractivity contribution is 5.76. The first kappa shape index (κ1) is 21.4. The summed E-state index contributed by atoms with van der Waals surface area (Å²) < 4.78 is 58.2. The molecule has 7 heteroatoms. The van der Waals surface area contributed by atoms with Crippen LogP contribution in [0.25, 0.3) is 17.2 Å². The molecule has 3 aromatic rings. The summed E-state index contributed by atoms with van der Waals surface area (Å²) in [5.74, 6) is -1.09. The van der Waals surface area contributed by atoms with Gasteiger partial charge in [0.1, 0.15) is 5.82 Å². The fourth-order valence-electron chi connectivity index (χ4n) is 4.69. The van der Waals surface area contributed by atoms with Crippen LogP contribution in [0.1, 0.15) is 28.3 Å². The van der Waals surface area contributed by atoms with Gasteiger partial charge in [0.05, 0.1) is 23.8 Å². The van der Waals surface area contributed by atoms with Crippen LogP contribution in [0.3, 0.4) is 0 Å². The number of pyridine rings is 1. The Hall–Kier alpha value is -3.48. The van der Waals surface area contributed by atoms with Crippen molar-refractivity contribution >= 4 is 12.0 Å². The molecule has 1 saturated heterocycles. The van der Waals surface area contributed by atoms with Gasteiger partial charge in [-0.1, -0.05) is 30.3 Å². The SMILES string of the molecule is O=C1OC[C@H]2[C@@H]1Cc1ccc(F)cc1[C@@H]2/C=C/c1ccc(-c2cccc(C(F)(F)F)c2)cn1. The Morgan fingerprint density at radius 3 is 2.64 bits per heavy atom. The average Bonchev–Trinajstić information content (AvgIpc) is 3.17. The minimum Gasteiger partial charge on any atom is -0.465 e. The zero-order valence-corrected chi connectivity index (χ0v) is 17.4. The van der Waals surface area contributed by atoms with Crippen molar-refractivity contribution in [2.45, 2.75) is 18.5 Å². The average molecular weight is 453 g/mol. The van der Waals surface area contributed by atoms with Gasteiger partial charge in [-0.25, -0.2) is 4.39 Å². The molecule has 2 aliphatic rings. The predicted octanol–water partition coefficient (Wildman–Crippen LogP) is 6.05. The first-order valence-electron chi connectivity index (χ1n) is 10.6. The van der Waals surface area contributed by atoms with E-state index in [1.807, 2.05) is 6.08 Å². The number of alkyl halides is 3. The molecule has 0 N–H and O–H groups in total. The molecular weight excluding hydrogens is 434 g/mol. The van der Waals surface area contributed by atoms with Crippen molar-refractivity contribution in [1.29, 1.82) is 0 Å². The number of nitrogens with zero attached hydrogens (tertiary/aromatic N) is 1. The first-order chi connectivity index (χ1) is 15.8. The van der Waals surface area contributed by atoms with Crippen LogP contribution in [0.2, 0.25) is 0 Å². The molecule has 1 aliphatic carbocycles. The molecule has 0 radical (unpaired) electrons. The standard InChI is InChI=1S/C26H19F4NO2/c27-19-6-4-16-11-23-24(14-33-25(23)32)21(22(16)12-19)9-8-20-7-5-17(13-31-20)15-2-1-3-18(10-15)26(28,29)30/h1-10,12-13,21,23-24H,11,14H2/b9-8+/t21-,23-,24+/m0/s1. The summed E-state index contributed by atoms with van der Waals surface area (Å²) in [6.45, 7) is 0.288. The molecule has 1 fully saturated rings. The summed E-state index contributed by atoms with van der Waals surface area (Å²) >= 11 is 0. The van der Waals surface area contributed by atoms with Gasteiger partial charge in [-0.2, -0.15) is 13.2 Å². The summed E-state index contributed by atoms with van der Waals surface area (Å²) in [4.78, 5) is 16.5. The summed E-state index contributed by atoms with van der Waals surface area (Å²) in [6.07, 6.45) is 1.34. The van der Waals surface area contributed by atoms with E-state index in [9.17, 15) is 22.4 Å². The third-order valence-electron chi connectivity index (χ3n) is 6.39. The summed E-state index contributed by atoms with van der Waals surface area (Å²) in [5, 5.41) is 0. The summed E-state index contributed by atoms with van der Waals surface area (Å²) in [6, 6.07) is 13.1. The van der Waals surface area contributed by atoms with Gasteiger partial charge in [0.25, 0.3) is 0 Å². The van der Waals surface area contributed by atoms with Gasteiger partial charge in [0, 0.05) is 23.6 Å². The van der Waals surface area contributed by atoms with Gasteiger partial charge >= 0.3 is 12.1 Å². The number of halogens is 4. The van der Waals surface area contributed by atoms with Gasteiger partial charge in [-0.05, 0) is 59.5 Å². The molecule has 2 heterocycles. The van der Waals surface area contributed by atoms with Crippen molar-refractivity contribution < 1.29 is 27.1 Å². The molecule has 3 nitrogen and oxygen atoms in total. The van der Waals surface area contributed by atoms with Crippen LogP contribution in [0.4, 0.5) is 17.6 Å². The van der Waals surface area contributed by atoms with Crippen LogP contribution < -0.4 is 0 Å². The van der Waals surface area contributed by atoms with E-state index in [0.717, 1.165) is 23.3 Å². The molecule has 168 valence electrons. The second kappa shape index (κ2) is 8.14. The lowest BCUT2D eigenvalue weighted by Crippen LogP contribution is -2.29. The van der Waals surface area contributed by atoms with E-state index in [0.29, 0.717) is 23.2 Å². The van der Waals surface area contributed by atoms with E-state index >= 15 is 0 Å². The lowest BCUT2D eigenvalue weighted by molar-refractivity contribution is -0.141. The minimum atomic E-state index is -4.41. The quantitative estimate of drug-likeness (QED) is 0.358. The number of carbonyl (C=O) groups is 1. The number of cyclic esters (lactones) is 1. The van der Waals surface area contributed by atoms with E-state index in [4.69, 9.17) is 4.74 Å². The third-order valence-corrected chi connectivity index (χ3v) is 6.39. The molecule has 0 saturated carbocycles.